The first-order chi connectivity index (χ1) is 4.76. The van der Waals surface area contributed by atoms with Gasteiger partial charge in [0.25, 0.3) is 0 Å². The molecular weight excluding hydrogens is 245 g/mol. The standard InChI is InChI=1S/C6H8INO2/c1-2-5(3-8)6(9)10-4-7/h2-3,5,8H,1,4H2. The molecule has 0 fully saturated rings. The minimum atomic E-state index is -0.588. The Morgan fingerprint density at radius 2 is 2.50 bits per heavy atom. The van der Waals surface area contributed by atoms with Crippen LogP contribution in [0.2, 0.25) is 0 Å². The normalized spacial score (nSPS) is 11.7. The highest BCUT2D eigenvalue weighted by Gasteiger charge is 2.11. The van der Waals surface area contributed by atoms with Crippen molar-refractivity contribution in [2.45, 2.75) is 0 Å². The fraction of sp³-hybridized carbons (Fsp3) is 0.333. The monoisotopic (exact) mass is 253 g/mol. The predicted octanol–water partition coefficient (Wildman–Crippen LogP) is 1.37. The quantitative estimate of drug-likeness (QED) is 0.270. The van der Waals surface area contributed by atoms with Crippen LogP contribution in [0.25, 0.3) is 0 Å². The molecule has 0 saturated carbocycles. The maximum absolute atomic E-state index is 10.8. The average molecular weight is 253 g/mol. The minimum Gasteiger partial charge on any atom is -0.454 e. The highest BCUT2D eigenvalue weighted by Crippen LogP contribution is 1.98. The van der Waals surface area contributed by atoms with Gasteiger partial charge in [0.2, 0.25) is 0 Å². The molecule has 3 nitrogen and oxygen atoms in total. The number of esters is 1. The van der Waals surface area contributed by atoms with E-state index in [1.165, 1.54) is 6.08 Å². The Labute approximate surface area is 73.1 Å². The molecule has 0 amide bonds. The summed E-state index contributed by atoms with van der Waals surface area (Å²) in [4.78, 5) is 10.8. The largest absolute Gasteiger partial charge is 0.454 e. The summed E-state index contributed by atoms with van der Waals surface area (Å²) < 4.78 is 4.93. The van der Waals surface area contributed by atoms with Gasteiger partial charge >= 0.3 is 5.97 Å². The van der Waals surface area contributed by atoms with Crippen molar-refractivity contribution >= 4 is 34.8 Å². The Bertz CT molecular complexity index is 139. The number of nitrogens with one attached hydrogen (secondary N) is 1. The van der Waals surface area contributed by atoms with Crippen molar-refractivity contribution in [1.82, 2.24) is 0 Å². The van der Waals surface area contributed by atoms with E-state index >= 15 is 0 Å². The molecule has 0 rings (SSSR count). The lowest BCUT2D eigenvalue weighted by molar-refractivity contribution is -0.141. The zero-order valence-electron chi connectivity index (χ0n) is 5.34. The summed E-state index contributed by atoms with van der Waals surface area (Å²) in [6.07, 6.45) is 2.38. The van der Waals surface area contributed by atoms with Crippen molar-refractivity contribution in [3.63, 3.8) is 0 Å². The van der Waals surface area contributed by atoms with Crippen molar-refractivity contribution < 1.29 is 9.53 Å². The number of halogens is 1. The van der Waals surface area contributed by atoms with Crippen LogP contribution in [0.5, 0.6) is 0 Å². The third kappa shape index (κ3) is 2.95. The number of hydrogen-bond acceptors (Lipinski definition) is 3. The van der Waals surface area contributed by atoms with Gasteiger partial charge in [-0.15, -0.1) is 6.58 Å². The molecular formula is C6H8INO2. The van der Waals surface area contributed by atoms with Crippen molar-refractivity contribution in [2.24, 2.45) is 5.92 Å². The van der Waals surface area contributed by atoms with E-state index in [-0.39, 0.29) is 0 Å². The predicted molar refractivity (Wildman–Crippen MR) is 47.4 cm³/mol. The maximum Gasteiger partial charge on any atom is 0.319 e. The average Bonchev–Trinajstić information content (AvgIpc) is 1.91. The zero-order valence-corrected chi connectivity index (χ0v) is 7.50. The number of hydrogen-bond donors (Lipinski definition) is 1. The summed E-state index contributed by atoms with van der Waals surface area (Å²) in [6.45, 7) is 3.38. The smallest absolute Gasteiger partial charge is 0.319 e. The Morgan fingerprint density at radius 3 is 2.80 bits per heavy atom. The highest BCUT2D eigenvalue weighted by atomic mass is 127. The van der Waals surface area contributed by atoms with Crippen LogP contribution in [-0.4, -0.2) is 16.8 Å². The van der Waals surface area contributed by atoms with E-state index in [0.717, 1.165) is 6.21 Å². The summed E-state index contributed by atoms with van der Waals surface area (Å²) in [5.74, 6) is -1.01. The van der Waals surface area contributed by atoms with E-state index in [1.807, 2.05) is 22.6 Å². The molecule has 0 aromatic carbocycles. The maximum atomic E-state index is 10.8. The summed E-state index contributed by atoms with van der Waals surface area (Å²) in [5, 5.41) is 6.77. The van der Waals surface area contributed by atoms with Crippen LogP contribution in [0.3, 0.4) is 0 Å². The Morgan fingerprint density at radius 1 is 1.90 bits per heavy atom. The Balaban J connectivity index is 3.88. The third-order valence-corrected chi connectivity index (χ3v) is 1.21. The first-order valence-corrected chi connectivity index (χ1v) is 4.14. The molecule has 1 atom stereocenters. The van der Waals surface area contributed by atoms with Gasteiger partial charge in [0.05, 0.1) is 0 Å². The lowest BCUT2D eigenvalue weighted by Gasteiger charge is -2.02. The second-order valence-corrected chi connectivity index (χ2v) is 2.12. The topological polar surface area (TPSA) is 50.2 Å². The van der Waals surface area contributed by atoms with E-state index in [4.69, 9.17) is 5.41 Å². The molecule has 0 aliphatic heterocycles. The summed E-state index contributed by atoms with van der Waals surface area (Å²) in [5.41, 5.74) is 0. The van der Waals surface area contributed by atoms with Gasteiger partial charge in [0.1, 0.15) is 10.5 Å². The lowest BCUT2D eigenvalue weighted by atomic mass is 10.2. The van der Waals surface area contributed by atoms with E-state index in [2.05, 4.69) is 11.3 Å². The molecule has 56 valence electrons. The summed E-state index contributed by atoms with van der Waals surface area (Å²) in [7, 11) is 0. The van der Waals surface area contributed by atoms with E-state index in [1.54, 1.807) is 0 Å². The van der Waals surface area contributed by atoms with Crippen LogP contribution in [-0.2, 0) is 9.53 Å². The first-order valence-electron chi connectivity index (χ1n) is 2.62. The van der Waals surface area contributed by atoms with Crippen molar-refractivity contribution in [3.05, 3.63) is 12.7 Å². The molecule has 4 heteroatoms. The summed E-state index contributed by atoms with van der Waals surface area (Å²) in [6, 6.07) is 0. The number of rotatable bonds is 4. The molecule has 0 aliphatic carbocycles. The molecule has 0 heterocycles. The molecule has 0 aliphatic rings. The third-order valence-electron chi connectivity index (χ3n) is 0.902. The van der Waals surface area contributed by atoms with Crippen LogP contribution in [0, 0.1) is 11.3 Å². The molecule has 0 spiro atoms. The van der Waals surface area contributed by atoms with Gasteiger partial charge in [0, 0.05) is 6.21 Å². The van der Waals surface area contributed by atoms with Crippen LogP contribution < -0.4 is 0 Å². The SMILES string of the molecule is C=CC(C=N)C(=O)OCI. The van der Waals surface area contributed by atoms with Crippen LogP contribution in [0.15, 0.2) is 12.7 Å². The van der Waals surface area contributed by atoms with E-state index in [9.17, 15) is 4.79 Å². The second-order valence-electron chi connectivity index (χ2n) is 1.50. The number of carbonyl (C=O) groups is 1. The molecule has 10 heavy (non-hydrogen) atoms. The number of alkyl halides is 1. The molecule has 0 saturated heterocycles. The van der Waals surface area contributed by atoms with Crippen LogP contribution in [0.4, 0.5) is 0 Å². The fourth-order valence-electron chi connectivity index (χ4n) is 0.382. The lowest BCUT2D eigenvalue weighted by Crippen LogP contribution is -2.15. The van der Waals surface area contributed by atoms with Gasteiger partial charge < -0.3 is 10.1 Å². The molecule has 0 aromatic rings. The second kappa shape index (κ2) is 5.40. The minimum absolute atomic E-state index is 0.314. The highest BCUT2D eigenvalue weighted by molar-refractivity contribution is 14.1. The van der Waals surface area contributed by atoms with Gasteiger partial charge in [-0.2, -0.15) is 0 Å². The molecule has 1 N–H and O–H groups in total. The molecule has 1 unspecified atom stereocenters. The fourth-order valence-corrected chi connectivity index (χ4v) is 0.689. The molecule has 0 radical (unpaired) electrons. The van der Waals surface area contributed by atoms with Crippen molar-refractivity contribution in [3.8, 4) is 0 Å². The van der Waals surface area contributed by atoms with Gasteiger partial charge in [-0.25, -0.2) is 0 Å². The van der Waals surface area contributed by atoms with Crippen molar-refractivity contribution in [2.75, 3.05) is 4.61 Å². The van der Waals surface area contributed by atoms with Gasteiger partial charge in [-0.05, 0) is 22.6 Å². The number of carbonyl (C=O) groups excluding carboxylic acids is 1. The van der Waals surface area contributed by atoms with Gasteiger partial charge in [0.15, 0.2) is 0 Å². The van der Waals surface area contributed by atoms with Crippen LogP contribution >= 0.6 is 22.6 Å². The molecule has 0 bridgehead atoms. The van der Waals surface area contributed by atoms with E-state index in [0.29, 0.717) is 4.61 Å². The first kappa shape index (κ1) is 9.61. The van der Waals surface area contributed by atoms with Gasteiger partial charge in [-0.1, -0.05) is 6.08 Å². The Hall–Kier alpha value is -0.390. The van der Waals surface area contributed by atoms with E-state index < -0.39 is 11.9 Å². The Kier molecular flexibility index (Phi) is 5.19. The van der Waals surface area contributed by atoms with Crippen LogP contribution in [0.1, 0.15) is 0 Å². The number of ether oxygens (including phenoxy) is 1. The molecule has 0 aromatic heterocycles. The summed E-state index contributed by atoms with van der Waals surface area (Å²) >= 11 is 1.92. The van der Waals surface area contributed by atoms with Crippen molar-refractivity contribution in [1.29, 1.82) is 5.41 Å². The van der Waals surface area contributed by atoms with Gasteiger partial charge in [-0.3, -0.25) is 4.79 Å². The zero-order chi connectivity index (χ0) is 7.98.